The molecule has 0 heterocycles. The van der Waals surface area contributed by atoms with Crippen LogP contribution in [0.4, 0.5) is 0 Å². The van der Waals surface area contributed by atoms with Crippen molar-refractivity contribution in [2.75, 3.05) is 6.54 Å². The monoisotopic (exact) mass is 267 g/mol. The summed E-state index contributed by atoms with van der Waals surface area (Å²) in [5, 5.41) is 18.3. The zero-order valence-electron chi connectivity index (χ0n) is 11.5. The van der Waals surface area contributed by atoms with Gasteiger partial charge in [-0.2, -0.15) is 0 Å². The average molecular weight is 267 g/mol. The highest BCUT2D eigenvalue weighted by atomic mass is 16.4. The average Bonchev–Trinajstić information content (AvgIpc) is 2.37. The summed E-state index contributed by atoms with van der Waals surface area (Å²) in [7, 11) is 0. The summed E-state index contributed by atoms with van der Waals surface area (Å²) < 4.78 is 0. The van der Waals surface area contributed by atoms with Crippen LogP contribution in [0.2, 0.25) is 0 Å². The van der Waals surface area contributed by atoms with Crippen molar-refractivity contribution >= 4 is 11.9 Å². The molecule has 1 unspecified atom stereocenters. The summed E-state index contributed by atoms with van der Waals surface area (Å²) in [6, 6.07) is 11.0. The lowest BCUT2D eigenvalue weighted by molar-refractivity contribution is -0.159. The van der Waals surface area contributed by atoms with Gasteiger partial charge in [-0.25, -0.2) is 9.59 Å². The van der Waals surface area contributed by atoms with Crippen LogP contribution in [0.5, 0.6) is 0 Å². The molecule has 0 aliphatic heterocycles. The molecule has 0 spiro atoms. The third-order valence-corrected chi connectivity index (χ3v) is 2.31. The van der Waals surface area contributed by atoms with E-state index in [2.05, 4.69) is 56.4 Å². The molecule has 1 rings (SSSR count). The van der Waals surface area contributed by atoms with Crippen LogP contribution in [-0.2, 0) is 9.59 Å². The molecule has 106 valence electrons. The Morgan fingerprint density at radius 1 is 1.05 bits per heavy atom. The minimum absolute atomic E-state index is 0.462. The molecule has 0 aliphatic carbocycles. The molecule has 0 aliphatic rings. The van der Waals surface area contributed by atoms with Crippen LogP contribution < -0.4 is 5.32 Å². The maximum absolute atomic E-state index is 9.10. The Kier molecular flexibility index (Phi) is 8.20. The summed E-state index contributed by atoms with van der Waals surface area (Å²) in [5.41, 5.74) is 1.36. The predicted octanol–water partition coefficient (Wildman–Crippen LogP) is 2.15. The second kappa shape index (κ2) is 9.10. The molecule has 0 fully saturated rings. The summed E-state index contributed by atoms with van der Waals surface area (Å²) >= 11 is 0. The zero-order chi connectivity index (χ0) is 14.8. The molecule has 5 nitrogen and oxygen atoms in total. The molecule has 0 amide bonds. The van der Waals surface area contributed by atoms with Crippen LogP contribution in [0.1, 0.15) is 32.4 Å². The van der Waals surface area contributed by atoms with Crippen molar-refractivity contribution in [1.29, 1.82) is 0 Å². The summed E-state index contributed by atoms with van der Waals surface area (Å²) in [6.07, 6.45) is 0. The third-order valence-electron chi connectivity index (χ3n) is 2.31. The molecule has 1 aromatic rings. The standard InChI is InChI=1S/C12H19N.C2H2O4/c1-10(2)9-13-11(3)12-7-5-4-6-8-12;3-1(4)2(5)6/h4-8,10-11,13H,9H2,1-3H3;(H,3,4)(H,5,6). The lowest BCUT2D eigenvalue weighted by Crippen LogP contribution is -2.23. The molecule has 19 heavy (non-hydrogen) atoms. The molecule has 0 saturated heterocycles. The van der Waals surface area contributed by atoms with Crippen molar-refractivity contribution in [3.8, 4) is 0 Å². The number of carboxylic acids is 2. The van der Waals surface area contributed by atoms with E-state index in [0.29, 0.717) is 12.0 Å². The number of nitrogens with one attached hydrogen (secondary N) is 1. The van der Waals surface area contributed by atoms with Crippen molar-refractivity contribution in [1.82, 2.24) is 5.32 Å². The van der Waals surface area contributed by atoms with E-state index in [9.17, 15) is 0 Å². The first-order valence-electron chi connectivity index (χ1n) is 6.09. The fourth-order valence-electron chi connectivity index (χ4n) is 1.27. The molecule has 5 heteroatoms. The third kappa shape index (κ3) is 8.79. The van der Waals surface area contributed by atoms with Crippen molar-refractivity contribution in [2.45, 2.75) is 26.8 Å². The van der Waals surface area contributed by atoms with Gasteiger partial charge in [0, 0.05) is 6.04 Å². The van der Waals surface area contributed by atoms with Gasteiger partial charge in [-0.3, -0.25) is 0 Å². The van der Waals surface area contributed by atoms with Crippen LogP contribution in [0.3, 0.4) is 0 Å². The smallest absolute Gasteiger partial charge is 0.414 e. The van der Waals surface area contributed by atoms with E-state index in [1.165, 1.54) is 5.56 Å². The first-order chi connectivity index (χ1) is 8.84. The number of hydrogen-bond acceptors (Lipinski definition) is 3. The van der Waals surface area contributed by atoms with Gasteiger partial charge in [0.15, 0.2) is 0 Å². The Bertz CT molecular complexity index is 378. The summed E-state index contributed by atoms with van der Waals surface area (Å²) in [6.45, 7) is 7.74. The first kappa shape index (κ1) is 17.1. The van der Waals surface area contributed by atoms with Crippen LogP contribution in [0.15, 0.2) is 30.3 Å². The second-order valence-corrected chi connectivity index (χ2v) is 4.54. The first-order valence-corrected chi connectivity index (χ1v) is 6.09. The number of carboxylic acid groups (broad SMARTS) is 2. The van der Waals surface area contributed by atoms with E-state index in [0.717, 1.165) is 6.54 Å². The normalized spacial score (nSPS) is 11.4. The maximum atomic E-state index is 9.10. The second-order valence-electron chi connectivity index (χ2n) is 4.54. The van der Waals surface area contributed by atoms with Crippen molar-refractivity contribution in [3.63, 3.8) is 0 Å². The number of aliphatic carboxylic acids is 2. The Morgan fingerprint density at radius 2 is 1.53 bits per heavy atom. The highest BCUT2D eigenvalue weighted by Crippen LogP contribution is 2.11. The lowest BCUT2D eigenvalue weighted by atomic mass is 10.1. The van der Waals surface area contributed by atoms with Gasteiger partial charge in [-0.05, 0) is 24.9 Å². The molecule has 1 atom stereocenters. The van der Waals surface area contributed by atoms with E-state index in [1.807, 2.05) is 0 Å². The van der Waals surface area contributed by atoms with E-state index >= 15 is 0 Å². The van der Waals surface area contributed by atoms with E-state index in [-0.39, 0.29) is 0 Å². The number of carbonyl (C=O) groups is 2. The molecular formula is C14H21NO4. The number of hydrogen-bond donors (Lipinski definition) is 3. The van der Waals surface area contributed by atoms with Gasteiger partial charge in [0.1, 0.15) is 0 Å². The minimum Gasteiger partial charge on any atom is -0.473 e. The summed E-state index contributed by atoms with van der Waals surface area (Å²) in [4.78, 5) is 18.2. The van der Waals surface area contributed by atoms with E-state index in [1.54, 1.807) is 0 Å². The Balaban J connectivity index is 0.000000459. The maximum Gasteiger partial charge on any atom is 0.414 e. The largest absolute Gasteiger partial charge is 0.473 e. The van der Waals surface area contributed by atoms with Gasteiger partial charge in [0.2, 0.25) is 0 Å². The topological polar surface area (TPSA) is 86.6 Å². The number of benzene rings is 1. The highest BCUT2D eigenvalue weighted by Gasteiger charge is 2.04. The van der Waals surface area contributed by atoms with E-state index in [4.69, 9.17) is 19.8 Å². The fraction of sp³-hybridized carbons (Fsp3) is 0.429. The quantitative estimate of drug-likeness (QED) is 0.728. The Hall–Kier alpha value is -1.88. The predicted molar refractivity (Wildman–Crippen MR) is 73.0 cm³/mol. The van der Waals surface area contributed by atoms with Crippen LogP contribution in [-0.4, -0.2) is 28.7 Å². The minimum atomic E-state index is -1.82. The van der Waals surface area contributed by atoms with Gasteiger partial charge >= 0.3 is 11.9 Å². The Labute approximate surface area is 113 Å². The van der Waals surface area contributed by atoms with Gasteiger partial charge < -0.3 is 15.5 Å². The molecule has 0 radical (unpaired) electrons. The molecular weight excluding hydrogens is 246 g/mol. The number of rotatable bonds is 4. The molecule has 3 N–H and O–H groups in total. The van der Waals surface area contributed by atoms with Crippen LogP contribution >= 0.6 is 0 Å². The fourth-order valence-corrected chi connectivity index (χ4v) is 1.27. The highest BCUT2D eigenvalue weighted by molar-refractivity contribution is 6.27. The van der Waals surface area contributed by atoms with Gasteiger partial charge in [-0.1, -0.05) is 44.2 Å². The van der Waals surface area contributed by atoms with E-state index < -0.39 is 11.9 Å². The van der Waals surface area contributed by atoms with Gasteiger partial charge in [-0.15, -0.1) is 0 Å². The van der Waals surface area contributed by atoms with Crippen molar-refractivity contribution in [3.05, 3.63) is 35.9 Å². The lowest BCUT2D eigenvalue weighted by Gasteiger charge is -2.15. The molecule has 0 bridgehead atoms. The van der Waals surface area contributed by atoms with Gasteiger partial charge in [0.05, 0.1) is 0 Å². The molecule has 0 saturated carbocycles. The molecule has 1 aromatic carbocycles. The van der Waals surface area contributed by atoms with Crippen LogP contribution in [0, 0.1) is 5.92 Å². The Morgan fingerprint density at radius 3 is 1.89 bits per heavy atom. The summed E-state index contributed by atoms with van der Waals surface area (Å²) in [5.74, 6) is -2.93. The molecule has 0 aromatic heterocycles. The zero-order valence-corrected chi connectivity index (χ0v) is 11.5. The van der Waals surface area contributed by atoms with Crippen molar-refractivity contribution in [2.24, 2.45) is 5.92 Å². The SMILES string of the molecule is CC(C)CNC(C)c1ccccc1.O=C(O)C(=O)O. The van der Waals surface area contributed by atoms with Crippen molar-refractivity contribution < 1.29 is 19.8 Å². The van der Waals surface area contributed by atoms with Crippen LogP contribution in [0.25, 0.3) is 0 Å². The van der Waals surface area contributed by atoms with Gasteiger partial charge in [0.25, 0.3) is 0 Å².